The normalized spacial score (nSPS) is 19.2. The van der Waals surface area contributed by atoms with Crippen LogP contribution in [-0.2, 0) is 13.1 Å². The topological polar surface area (TPSA) is 147 Å². The molecule has 380 valence electrons. The molecule has 0 spiro atoms. The van der Waals surface area contributed by atoms with Crippen molar-refractivity contribution in [2.24, 2.45) is 17.6 Å². The highest BCUT2D eigenvalue weighted by atomic mass is 79.9. The van der Waals surface area contributed by atoms with E-state index in [0.29, 0.717) is 44.6 Å². The van der Waals surface area contributed by atoms with E-state index < -0.39 is 12.7 Å². The van der Waals surface area contributed by atoms with E-state index in [1.54, 1.807) is 18.2 Å². The zero-order valence-corrected chi connectivity index (χ0v) is 40.9. The molecular weight excluding hydrogens is 1070 g/mol. The molecule has 1 aliphatic heterocycles. The van der Waals surface area contributed by atoms with Gasteiger partial charge in [-0.3, -0.25) is 0 Å². The molecule has 2 aromatic heterocycles. The van der Waals surface area contributed by atoms with Gasteiger partial charge in [0.05, 0.1) is 12.4 Å². The number of alkyl halides is 8. The minimum Gasteiger partial charge on any atom is -0.405 e. The highest BCUT2D eigenvalue weighted by Gasteiger charge is 2.33. The molecule has 2 aromatic carbocycles. The zero-order chi connectivity index (χ0) is 47.5. The smallest absolute Gasteiger partial charge is 0.405 e. The molecule has 4 aromatic rings. The van der Waals surface area contributed by atoms with Crippen molar-refractivity contribution in [3.05, 3.63) is 82.1 Å². The summed E-state index contributed by atoms with van der Waals surface area (Å²) in [7, 11) is 0. The molecule has 0 unspecified atom stereocenters. The first-order valence-corrected chi connectivity index (χ1v) is 24.9. The Morgan fingerprint density at radius 2 is 1.04 bits per heavy atom. The minimum absolute atomic E-state index is 0. The molecule has 7 rings (SSSR count). The summed E-state index contributed by atoms with van der Waals surface area (Å²) < 4.78 is 83.6. The van der Waals surface area contributed by atoms with Gasteiger partial charge in [-0.2, -0.15) is 9.97 Å². The lowest BCUT2D eigenvalue weighted by Gasteiger charge is -2.42. The van der Waals surface area contributed by atoms with E-state index in [4.69, 9.17) is 28.9 Å². The Balaban J connectivity index is 0.000000320. The van der Waals surface area contributed by atoms with Crippen LogP contribution in [0.5, 0.6) is 11.5 Å². The van der Waals surface area contributed by atoms with Crippen LogP contribution >= 0.6 is 55.1 Å². The Morgan fingerprint density at radius 3 is 1.41 bits per heavy atom. The van der Waals surface area contributed by atoms with Gasteiger partial charge >= 0.3 is 12.7 Å². The molecule has 3 fully saturated rings. The quantitative estimate of drug-likeness (QED) is 0.0506. The number of para-hydroxylation sites is 2. The largest absolute Gasteiger partial charge is 0.573 e. The summed E-state index contributed by atoms with van der Waals surface area (Å²) >= 11 is 19.0. The summed E-state index contributed by atoms with van der Waals surface area (Å²) in [6, 6.07) is 12.9. The fourth-order valence-electron chi connectivity index (χ4n) is 7.59. The average Bonchev–Trinajstić information content (AvgIpc) is 3.26. The molecule has 3 heterocycles. The van der Waals surface area contributed by atoms with E-state index in [2.05, 4.69) is 87.4 Å². The number of rotatable bonds is 17. The maximum absolute atomic E-state index is 12.6. The molecule has 0 amide bonds. The van der Waals surface area contributed by atoms with Gasteiger partial charge in [-0.1, -0.05) is 106 Å². The summed E-state index contributed by atoms with van der Waals surface area (Å²) in [5, 5.41) is 15.4. The predicted molar refractivity (Wildman–Crippen MR) is 270 cm³/mol. The van der Waals surface area contributed by atoms with E-state index in [-0.39, 0.29) is 57.4 Å². The third kappa shape index (κ3) is 20.8. The van der Waals surface area contributed by atoms with Crippen molar-refractivity contribution in [1.29, 1.82) is 0 Å². The first-order valence-electron chi connectivity index (χ1n) is 21.9. The van der Waals surface area contributed by atoms with Crippen molar-refractivity contribution in [3.63, 3.8) is 0 Å². The van der Waals surface area contributed by atoms with Gasteiger partial charge in [-0.25, -0.2) is 9.97 Å². The van der Waals surface area contributed by atoms with Gasteiger partial charge in [0.15, 0.2) is 0 Å². The van der Waals surface area contributed by atoms with Crippen molar-refractivity contribution in [3.8, 4) is 11.5 Å². The van der Waals surface area contributed by atoms with Crippen LogP contribution in [0.1, 0.15) is 90.2 Å². The van der Waals surface area contributed by atoms with E-state index in [1.165, 1.54) is 94.3 Å². The minimum atomic E-state index is -4.76. The lowest BCUT2D eigenvalue weighted by atomic mass is 9.84. The van der Waals surface area contributed by atoms with Crippen LogP contribution in [0.15, 0.2) is 60.9 Å². The predicted octanol–water partition coefficient (Wildman–Crippen LogP) is 13.3. The molecule has 68 heavy (non-hydrogen) atoms. The van der Waals surface area contributed by atoms with E-state index in [0.717, 1.165) is 55.5 Å². The van der Waals surface area contributed by atoms with Crippen LogP contribution < -0.4 is 36.5 Å². The number of halogens is 10. The molecule has 2 saturated carbocycles. The van der Waals surface area contributed by atoms with Gasteiger partial charge < -0.3 is 41.4 Å². The Hall–Kier alpha value is -3.56. The first kappa shape index (κ1) is 58.8. The molecule has 2 aliphatic carbocycles. The van der Waals surface area contributed by atoms with Gasteiger partial charge in [0.25, 0.3) is 0 Å². The third-order valence-corrected chi connectivity index (χ3v) is 12.9. The lowest BCUT2D eigenvalue weighted by Crippen LogP contribution is -2.46. The van der Waals surface area contributed by atoms with Crippen LogP contribution in [0.4, 0.5) is 49.9 Å². The van der Waals surface area contributed by atoms with Crippen LogP contribution in [0.2, 0.25) is 10.0 Å². The summed E-state index contributed by atoms with van der Waals surface area (Å²) in [5.74, 6) is 2.09. The third-order valence-electron chi connectivity index (χ3n) is 11.3. The molecular formula is C46H64Br2Cl2F6N10O2. The maximum Gasteiger partial charge on any atom is 0.573 e. The van der Waals surface area contributed by atoms with Gasteiger partial charge in [0.1, 0.15) is 33.2 Å². The van der Waals surface area contributed by atoms with Gasteiger partial charge in [-0.05, 0) is 101 Å². The van der Waals surface area contributed by atoms with Crippen molar-refractivity contribution < 1.29 is 35.8 Å². The Morgan fingerprint density at radius 1 is 0.632 bits per heavy atom. The fraction of sp³-hybridized carbons (Fsp3) is 0.565. The second kappa shape index (κ2) is 29.6. The van der Waals surface area contributed by atoms with Gasteiger partial charge in [-0.15, -0.1) is 26.3 Å². The summed E-state index contributed by atoms with van der Waals surface area (Å²) in [6.45, 7) is 4.14. The number of aromatic nitrogens is 4. The van der Waals surface area contributed by atoms with Crippen LogP contribution in [-0.4, -0.2) is 86.5 Å². The first-order chi connectivity index (χ1) is 31.6. The standard InChI is InChI=1S/C22H27ClF3N5O.C19H23ClF3N5O.C3H6Br2.2CH4/c23-18-14-29-21(28-13-16-4-1-2-5-19(16)32-22(24,25)26)30-20(18)27-12-15-6-8-17(9-7-15)31-10-3-11-31;20-15-11-27-18(28-17(15)25-9-12-5-7-14(24)8-6-12)26-10-13-3-1-2-4-16(13)29-19(21,22)23;4-2-1-3-5;;/h1-2,4-5,14-15,17H,3,6-13H2,(H2,27,28,29,30);1-4,11-12,14H,5-10,24H2,(H2,25,26,27,28);1-3H2;2*1H4. The SMILES string of the molecule is BrCCCBr.C.C.FC(F)(F)Oc1ccccc1CNc1ncc(Cl)c(NCC2CCC(N3CCC3)CC2)n1.NC1CCC(CNc2nc(NCc3ccccc3OC(F)(F)F)ncc2Cl)CC1. The molecule has 3 aliphatic rings. The van der Waals surface area contributed by atoms with Crippen LogP contribution in [0, 0.1) is 11.8 Å². The highest BCUT2D eigenvalue weighted by molar-refractivity contribution is 9.09. The molecule has 0 radical (unpaired) electrons. The van der Waals surface area contributed by atoms with Crippen molar-refractivity contribution in [1.82, 2.24) is 24.8 Å². The number of nitrogens with zero attached hydrogens (tertiary/aromatic N) is 5. The Kier molecular flexibility index (Phi) is 25.6. The monoisotopic (exact) mass is 1130 g/mol. The number of ether oxygens (including phenoxy) is 2. The summed E-state index contributed by atoms with van der Waals surface area (Å²) in [4.78, 5) is 19.6. The zero-order valence-electron chi connectivity index (χ0n) is 36.2. The van der Waals surface area contributed by atoms with Gasteiger partial charge in [0, 0.05) is 60.0 Å². The fourth-order valence-corrected chi connectivity index (χ4v) is 9.22. The van der Waals surface area contributed by atoms with Crippen molar-refractivity contribution in [2.45, 2.75) is 117 Å². The van der Waals surface area contributed by atoms with Gasteiger partial charge in [0.2, 0.25) is 11.9 Å². The average molecular weight is 1130 g/mol. The highest BCUT2D eigenvalue weighted by Crippen LogP contribution is 2.32. The maximum atomic E-state index is 12.6. The number of hydrogen-bond acceptors (Lipinski definition) is 12. The van der Waals surface area contributed by atoms with Crippen LogP contribution in [0.25, 0.3) is 0 Å². The Bertz CT molecular complexity index is 2060. The molecule has 0 bridgehead atoms. The van der Waals surface area contributed by atoms with E-state index in [1.807, 2.05) is 0 Å². The summed E-state index contributed by atoms with van der Waals surface area (Å²) in [5.41, 5.74) is 6.61. The van der Waals surface area contributed by atoms with Crippen molar-refractivity contribution >= 4 is 78.6 Å². The van der Waals surface area contributed by atoms with E-state index in [9.17, 15) is 26.3 Å². The number of likely N-dealkylation sites (tertiary alicyclic amines) is 1. The lowest BCUT2D eigenvalue weighted by molar-refractivity contribution is -0.275. The van der Waals surface area contributed by atoms with E-state index >= 15 is 0 Å². The number of nitrogens with two attached hydrogens (primary N) is 1. The number of hydrogen-bond donors (Lipinski definition) is 5. The number of benzene rings is 2. The number of anilines is 4. The second-order valence-electron chi connectivity index (χ2n) is 16.1. The molecule has 6 N–H and O–H groups in total. The molecule has 12 nitrogen and oxygen atoms in total. The molecule has 1 saturated heterocycles. The Labute approximate surface area is 423 Å². The second-order valence-corrected chi connectivity index (χ2v) is 18.5. The molecule has 22 heteroatoms. The van der Waals surface area contributed by atoms with Crippen molar-refractivity contribution in [2.75, 3.05) is 58.1 Å². The van der Waals surface area contributed by atoms with Crippen LogP contribution in [0.3, 0.4) is 0 Å². The number of nitrogens with one attached hydrogen (secondary N) is 4. The molecule has 0 atom stereocenters. The summed E-state index contributed by atoms with van der Waals surface area (Å²) in [6.07, 6.45) is 4.92.